The lowest BCUT2D eigenvalue weighted by Gasteiger charge is -2.18. The standard InChI is InChI=1S/C13H16N2OS/c1-16-7-12(9-2-3-9)15-10-4-5-11-13(6-10)17-8-14-11/h4-6,8-9,12,15H,2-3,7H2,1H3. The molecule has 2 aromatic rings. The van der Waals surface area contributed by atoms with Crippen LogP contribution in [0.25, 0.3) is 10.2 Å². The van der Waals surface area contributed by atoms with E-state index in [1.807, 2.05) is 5.51 Å². The van der Waals surface area contributed by atoms with Gasteiger partial charge in [0.25, 0.3) is 0 Å². The number of rotatable bonds is 5. The minimum absolute atomic E-state index is 0.449. The van der Waals surface area contributed by atoms with E-state index in [2.05, 4.69) is 28.5 Å². The van der Waals surface area contributed by atoms with E-state index in [1.165, 1.54) is 23.2 Å². The summed E-state index contributed by atoms with van der Waals surface area (Å²) in [6.45, 7) is 0.783. The highest BCUT2D eigenvalue weighted by Crippen LogP contribution is 2.34. The lowest BCUT2D eigenvalue weighted by atomic mass is 10.2. The second-order valence-corrected chi connectivity index (χ2v) is 5.46. The monoisotopic (exact) mass is 248 g/mol. The number of benzene rings is 1. The molecule has 0 saturated heterocycles. The van der Waals surface area contributed by atoms with Gasteiger partial charge in [0, 0.05) is 12.8 Å². The van der Waals surface area contributed by atoms with Crippen molar-refractivity contribution in [3.05, 3.63) is 23.7 Å². The van der Waals surface area contributed by atoms with Gasteiger partial charge in [-0.2, -0.15) is 0 Å². The normalized spacial score (nSPS) is 17.2. The minimum atomic E-state index is 0.449. The number of hydrogen-bond donors (Lipinski definition) is 1. The zero-order chi connectivity index (χ0) is 11.7. The number of aromatic nitrogens is 1. The van der Waals surface area contributed by atoms with Crippen LogP contribution in [-0.2, 0) is 4.74 Å². The molecule has 1 aromatic heterocycles. The first kappa shape index (κ1) is 11.0. The highest BCUT2D eigenvalue weighted by molar-refractivity contribution is 7.16. The molecule has 1 aromatic carbocycles. The Bertz CT molecular complexity index is 507. The average Bonchev–Trinajstić information content (AvgIpc) is 3.07. The molecule has 0 bridgehead atoms. The van der Waals surface area contributed by atoms with Gasteiger partial charge in [-0.25, -0.2) is 4.98 Å². The van der Waals surface area contributed by atoms with E-state index in [-0.39, 0.29) is 0 Å². The topological polar surface area (TPSA) is 34.1 Å². The van der Waals surface area contributed by atoms with Crippen LogP contribution < -0.4 is 5.32 Å². The van der Waals surface area contributed by atoms with E-state index in [0.717, 1.165) is 18.0 Å². The van der Waals surface area contributed by atoms with Crippen LogP contribution in [0.3, 0.4) is 0 Å². The number of anilines is 1. The predicted molar refractivity (Wildman–Crippen MR) is 71.6 cm³/mol. The van der Waals surface area contributed by atoms with Gasteiger partial charge in [0.2, 0.25) is 0 Å². The van der Waals surface area contributed by atoms with Crippen molar-refractivity contribution >= 4 is 27.2 Å². The molecule has 0 aliphatic heterocycles. The van der Waals surface area contributed by atoms with Crippen LogP contribution in [-0.4, -0.2) is 24.7 Å². The first-order valence-corrected chi connectivity index (χ1v) is 6.83. The number of hydrogen-bond acceptors (Lipinski definition) is 4. The van der Waals surface area contributed by atoms with Crippen molar-refractivity contribution in [2.75, 3.05) is 19.0 Å². The van der Waals surface area contributed by atoms with Crippen molar-refractivity contribution in [2.45, 2.75) is 18.9 Å². The second-order valence-electron chi connectivity index (χ2n) is 4.58. The third-order valence-corrected chi connectivity index (χ3v) is 4.01. The van der Waals surface area contributed by atoms with Gasteiger partial charge in [-0.1, -0.05) is 0 Å². The van der Waals surface area contributed by atoms with Crippen LogP contribution in [0.4, 0.5) is 5.69 Å². The molecule has 1 atom stereocenters. The van der Waals surface area contributed by atoms with Crippen LogP contribution in [0.1, 0.15) is 12.8 Å². The lowest BCUT2D eigenvalue weighted by Crippen LogP contribution is -2.27. The number of fused-ring (bicyclic) bond motifs is 1. The zero-order valence-electron chi connectivity index (χ0n) is 9.85. The quantitative estimate of drug-likeness (QED) is 0.882. The molecular weight excluding hydrogens is 232 g/mol. The van der Waals surface area contributed by atoms with Crippen LogP contribution in [0.15, 0.2) is 23.7 Å². The molecule has 1 heterocycles. The summed E-state index contributed by atoms with van der Waals surface area (Å²) < 4.78 is 6.52. The van der Waals surface area contributed by atoms with Gasteiger partial charge >= 0.3 is 0 Å². The molecule has 1 unspecified atom stereocenters. The van der Waals surface area contributed by atoms with E-state index in [9.17, 15) is 0 Å². The third kappa shape index (κ3) is 2.42. The molecule has 1 aliphatic rings. The zero-order valence-corrected chi connectivity index (χ0v) is 10.7. The Morgan fingerprint density at radius 1 is 1.53 bits per heavy atom. The van der Waals surface area contributed by atoms with Crippen molar-refractivity contribution in [3.63, 3.8) is 0 Å². The van der Waals surface area contributed by atoms with Crippen LogP contribution >= 0.6 is 11.3 Å². The van der Waals surface area contributed by atoms with Gasteiger partial charge in [0.15, 0.2) is 0 Å². The predicted octanol–water partition coefficient (Wildman–Crippen LogP) is 3.13. The van der Waals surface area contributed by atoms with Crippen molar-refractivity contribution in [1.29, 1.82) is 0 Å². The lowest BCUT2D eigenvalue weighted by molar-refractivity contribution is 0.179. The van der Waals surface area contributed by atoms with E-state index in [1.54, 1.807) is 18.4 Å². The molecule has 1 N–H and O–H groups in total. The Labute approximate surface area is 105 Å². The number of nitrogens with zero attached hydrogens (tertiary/aromatic N) is 1. The molecule has 90 valence electrons. The summed E-state index contributed by atoms with van der Waals surface area (Å²) in [5.41, 5.74) is 4.15. The SMILES string of the molecule is COCC(Nc1ccc2ncsc2c1)C1CC1. The van der Waals surface area contributed by atoms with Crippen molar-refractivity contribution in [2.24, 2.45) is 5.92 Å². The number of methoxy groups -OCH3 is 1. The highest BCUT2D eigenvalue weighted by Gasteiger charge is 2.31. The summed E-state index contributed by atoms with van der Waals surface area (Å²) >= 11 is 1.68. The summed E-state index contributed by atoms with van der Waals surface area (Å²) in [7, 11) is 1.77. The number of ether oxygens (including phenoxy) is 1. The molecule has 17 heavy (non-hydrogen) atoms. The summed E-state index contributed by atoms with van der Waals surface area (Å²) in [4.78, 5) is 4.29. The fourth-order valence-corrected chi connectivity index (χ4v) is 2.85. The van der Waals surface area contributed by atoms with E-state index in [0.29, 0.717) is 6.04 Å². The molecule has 3 nitrogen and oxygen atoms in total. The molecule has 1 fully saturated rings. The third-order valence-electron chi connectivity index (χ3n) is 3.22. The summed E-state index contributed by atoms with van der Waals surface area (Å²) in [6.07, 6.45) is 2.65. The van der Waals surface area contributed by atoms with Gasteiger partial charge < -0.3 is 10.1 Å². The van der Waals surface area contributed by atoms with Crippen molar-refractivity contribution in [3.8, 4) is 0 Å². The maximum absolute atomic E-state index is 5.28. The average molecular weight is 248 g/mol. The van der Waals surface area contributed by atoms with Crippen molar-refractivity contribution < 1.29 is 4.74 Å². The smallest absolute Gasteiger partial charge is 0.0813 e. The highest BCUT2D eigenvalue weighted by atomic mass is 32.1. The molecule has 3 rings (SSSR count). The van der Waals surface area contributed by atoms with Crippen LogP contribution in [0.2, 0.25) is 0 Å². The van der Waals surface area contributed by atoms with Gasteiger partial charge in [-0.05, 0) is 37.0 Å². The van der Waals surface area contributed by atoms with E-state index < -0.39 is 0 Å². The Kier molecular flexibility index (Phi) is 2.99. The van der Waals surface area contributed by atoms with Crippen LogP contribution in [0, 0.1) is 5.92 Å². The molecular formula is C13H16N2OS. The van der Waals surface area contributed by atoms with E-state index in [4.69, 9.17) is 4.74 Å². The van der Waals surface area contributed by atoms with E-state index >= 15 is 0 Å². The molecule has 0 amide bonds. The Hall–Kier alpha value is -1.13. The first-order chi connectivity index (χ1) is 8.36. The number of nitrogens with one attached hydrogen (secondary N) is 1. The van der Waals surface area contributed by atoms with Crippen molar-refractivity contribution in [1.82, 2.24) is 4.98 Å². The summed E-state index contributed by atoms with van der Waals surface area (Å²) in [5, 5.41) is 3.58. The summed E-state index contributed by atoms with van der Waals surface area (Å²) in [5.74, 6) is 0.784. The van der Waals surface area contributed by atoms with Gasteiger partial charge in [0.1, 0.15) is 0 Å². The second kappa shape index (κ2) is 4.63. The largest absolute Gasteiger partial charge is 0.383 e. The molecule has 1 saturated carbocycles. The Morgan fingerprint density at radius 2 is 2.41 bits per heavy atom. The Morgan fingerprint density at radius 3 is 3.18 bits per heavy atom. The molecule has 1 aliphatic carbocycles. The maximum atomic E-state index is 5.28. The van der Waals surface area contributed by atoms with Gasteiger partial charge in [-0.15, -0.1) is 11.3 Å². The van der Waals surface area contributed by atoms with Gasteiger partial charge in [-0.3, -0.25) is 0 Å². The summed E-state index contributed by atoms with van der Waals surface area (Å²) in [6, 6.07) is 6.81. The maximum Gasteiger partial charge on any atom is 0.0813 e. The molecule has 0 radical (unpaired) electrons. The van der Waals surface area contributed by atoms with Crippen LogP contribution in [0.5, 0.6) is 0 Å². The molecule has 0 spiro atoms. The Balaban J connectivity index is 1.77. The number of thiazole rings is 1. The fourth-order valence-electron chi connectivity index (χ4n) is 2.13. The first-order valence-electron chi connectivity index (χ1n) is 5.95. The fraction of sp³-hybridized carbons (Fsp3) is 0.462. The van der Waals surface area contributed by atoms with Gasteiger partial charge in [0.05, 0.1) is 28.4 Å². The molecule has 4 heteroatoms. The minimum Gasteiger partial charge on any atom is -0.383 e.